The van der Waals surface area contributed by atoms with Crippen LogP contribution in [0.3, 0.4) is 0 Å². The maximum Gasteiger partial charge on any atom is 0.0965 e. The van der Waals surface area contributed by atoms with E-state index in [1.165, 1.54) is 12.4 Å². The average Bonchev–Trinajstić information content (AvgIpc) is 2.58. The Morgan fingerprint density at radius 2 is 1.42 bits per heavy atom. The van der Waals surface area contributed by atoms with Gasteiger partial charge in [0.1, 0.15) is 0 Å². The molecule has 0 fully saturated rings. The molecule has 3 rings (SSSR count). The number of hydrogen-bond acceptors (Lipinski definition) is 3. The third kappa shape index (κ3) is 3.70. The zero-order valence-electron chi connectivity index (χ0n) is 12.4. The van der Waals surface area contributed by atoms with Gasteiger partial charge in [-0.3, -0.25) is 10.4 Å². The quantitative estimate of drug-likeness (QED) is 0.437. The molecule has 24 heavy (non-hydrogen) atoms. The summed E-state index contributed by atoms with van der Waals surface area (Å²) in [5, 5.41) is 5.72. The van der Waals surface area contributed by atoms with Gasteiger partial charge in [0.2, 0.25) is 0 Å². The highest BCUT2D eigenvalue weighted by Crippen LogP contribution is 2.30. The smallest absolute Gasteiger partial charge is 0.0965 e. The van der Waals surface area contributed by atoms with Gasteiger partial charge in [0.05, 0.1) is 21.9 Å². The van der Waals surface area contributed by atoms with Crippen molar-refractivity contribution in [2.45, 2.75) is 0 Å². The highest BCUT2D eigenvalue weighted by Gasteiger charge is 2.07. The van der Waals surface area contributed by atoms with Crippen LogP contribution in [-0.2, 0) is 0 Å². The van der Waals surface area contributed by atoms with Crippen LogP contribution in [0.4, 0.5) is 5.69 Å². The van der Waals surface area contributed by atoms with E-state index >= 15 is 0 Å². The number of anilines is 1. The third-order valence-electron chi connectivity index (χ3n) is 3.36. The average molecular weight is 377 g/mol. The normalized spacial score (nSPS) is 11.0. The van der Waals surface area contributed by atoms with E-state index in [1.807, 2.05) is 48.5 Å². The van der Waals surface area contributed by atoms with Gasteiger partial charge < -0.3 is 0 Å². The van der Waals surface area contributed by atoms with E-state index in [-0.39, 0.29) is 0 Å². The van der Waals surface area contributed by atoms with Gasteiger partial charge in [-0.15, -0.1) is 0 Å². The zero-order valence-corrected chi connectivity index (χ0v) is 14.6. The number of benzene rings is 2. The predicted octanol–water partition coefficient (Wildman–Crippen LogP) is 6.15. The minimum atomic E-state index is 0.402. The number of pyridine rings is 1. The molecule has 0 aliphatic rings. The Bertz CT molecular complexity index is 874. The van der Waals surface area contributed by atoms with Gasteiger partial charge >= 0.3 is 0 Å². The maximum absolute atomic E-state index is 6.30. The Kier molecular flexibility index (Phi) is 5.36. The van der Waals surface area contributed by atoms with Gasteiger partial charge in [0.15, 0.2) is 0 Å². The van der Waals surface area contributed by atoms with Crippen LogP contribution >= 0.6 is 34.8 Å². The molecule has 1 N–H and O–H groups in total. The molecule has 2 aromatic carbocycles. The van der Waals surface area contributed by atoms with E-state index in [4.69, 9.17) is 34.8 Å². The first-order valence-electron chi connectivity index (χ1n) is 7.09. The van der Waals surface area contributed by atoms with Crippen molar-refractivity contribution in [3.8, 4) is 11.1 Å². The standard InChI is InChI=1S/C18H12Cl3N3/c19-15-8-4-3-7-14(15)13-6-2-1-5-12(13)9-23-24-18-16(20)10-22-11-17(18)21/h1-11H,(H,22,24)/b23-9+. The summed E-state index contributed by atoms with van der Waals surface area (Å²) in [6.45, 7) is 0. The van der Waals surface area contributed by atoms with Crippen molar-refractivity contribution in [1.29, 1.82) is 0 Å². The zero-order chi connectivity index (χ0) is 16.9. The van der Waals surface area contributed by atoms with Crippen molar-refractivity contribution in [3.05, 3.63) is 81.6 Å². The molecule has 0 amide bonds. The van der Waals surface area contributed by atoms with Crippen molar-refractivity contribution in [2.75, 3.05) is 5.43 Å². The number of nitrogens with zero attached hydrogens (tertiary/aromatic N) is 2. The minimum absolute atomic E-state index is 0.402. The van der Waals surface area contributed by atoms with Crippen LogP contribution in [-0.4, -0.2) is 11.2 Å². The molecule has 1 aromatic heterocycles. The van der Waals surface area contributed by atoms with Crippen LogP contribution in [0.15, 0.2) is 66.0 Å². The molecule has 0 bridgehead atoms. The summed E-state index contributed by atoms with van der Waals surface area (Å²) in [5.74, 6) is 0. The molecule has 0 radical (unpaired) electrons. The minimum Gasteiger partial charge on any atom is -0.275 e. The van der Waals surface area contributed by atoms with Crippen LogP contribution in [0, 0.1) is 0 Å². The Hall–Kier alpha value is -2.07. The second kappa shape index (κ2) is 7.67. The molecular weight excluding hydrogens is 365 g/mol. The van der Waals surface area contributed by atoms with E-state index in [9.17, 15) is 0 Å². The fourth-order valence-electron chi connectivity index (χ4n) is 2.22. The second-order valence-electron chi connectivity index (χ2n) is 4.92. The number of halogens is 3. The summed E-state index contributed by atoms with van der Waals surface area (Å²) in [5.41, 5.74) is 6.22. The fraction of sp³-hybridized carbons (Fsp3) is 0. The molecule has 0 atom stereocenters. The molecule has 0 unspecified atom stereocenters. The molecule has 0 saturated heterocycles. The van der Waals surface area contributed by atoms with Crippen molar-refractivity contribution < 1.29 is 0 Å². The summed E-state index contributed by atoms with van der Waals surface area (Å²) in [6.07, 6.45) is 4.71. The fourth-order valence-corrected chi connectivity index (χ4v) is 2.91. The maximum atomic E-state index is 6.30. The molecular formula is C18H12Cl3N3. The van der Waals surface area contributed by atoms with Crippen LogP contribution in [0.2, 0.25) is 15.1 Å². The van der Waals surface area contributed by atoms with E-state index in [1.54, 1.807) is 6.21 Å². The van der Waals surface area contributed by atoms with E-state index in [0.717, 1.165) is 16.7 Å². The van der Waals surface area contributed by atoms with Gasteiger partial charge in [0, 0.05) is 28.5 Å². The molecule has 6 heteroatoms. The Morgan fingerprint density at radius 1 is 0.792 bits per heavy atom. The van der Waals surface area contributed by atoms with Gasteiger partial charge in [-0.25, -0.2) is 0 Å². The summed E-state index contributed by atoms with van der Waals surface area (Å²) in [4.78, 5) is 3.90. The van der Waals surface area contributed by atoms with E-state index in [0.29, 0.717) is 20.8 Å². The number of aromatic nitrogens is 1. The molecule has 0 saturated carbocycles. The molecule has 0 spiro atoms. The van der Waals surface area contributed by atoms with Gasteiger partial charge in [-0.1, -0.05) is 77.3 Å². The number of hydrogen-bond donors (Lipinski definition) is 1. The Balaban J connectivity index is 1.90. The summed E-state index contributed by atoms with van der Waals surface area (Å²) in [7, 11) is 0. The third-order valence-corrected chi connectivity index (χ3v) is 4.26. The SMILES string of the molecule is Clc1ccccc1-c1ccccc1/C=N/Nc1c(Cl)cncc1Cl. The van der Waals surface area contributed by atoms with E-state index < -0.39 is 0 Å². The highest BCUT2D eigenvalue weighted by atomic mass is 35.5. The predicted molar refractivity (Wildman–Crippen MR) is 102 cm³/mol. The lowest BCUT2D eigenvalue weighted by Gasteiger charge is -2.08. The lowest BCUT2D eigenvalue weighted by Crippen LogP contribution is -1.95. The second-order valence-corrected chi connectivity index (χ2v) is 6.14. The van der Waals surface area contributed by atoms with Crippen LogP contribution in [0.1, 0.15) is 5.56 Å². The van der Waals surface area contributed by atoms with Crippen molar-refractivity contribution >= 4 is 46.7 Å². The number of nitrogens with one attached hydrogen (secondary N) is 1. The largest absolute Gasteiger partial charge is 0.275 e. The van der Waals surface area contributed by atoms with Gasteiger partial charge in [0.25, 0.3) is 0 Å². The summed E-state index contributed by atoms with van der Waals surface area (Å²) in [6, 6.07) is 15.5. The van der Waals surface area contributed by atoms with Crippen molar-refractivity contribution in [1.82, 2.24) is 4.98 Å². The van der Waals surface area contributed by atoms with Crippen molar-refractivity contribution in [2.24, 2.45) is 5.10 Å². The molecule has 0 aliphatic heterocycles. The Labute approximate surface area is 154 Å². The summed E-state index contributed by atoms with van der Waals surface area (Å²) >= 11 is 18.4. The van der Waals surface area contributed by atoms with Crippen molar-refractivity contribution in [3.63, 3.8) is 0 Å². The van der Waals surface area contributed by atoms with E-state index in [2.05, 4.69) is 15.5 Å². The summed E-state index contributed by atoms with van der Waals surface area (Å²) < 4.78 is 0. The van der Waals surface area contributed by atoms with Gasteiger partial charge in [-0.2, -0.15) is 5.10 Å². The first-order valence-corrected chi connectivity index (χ1v) is 8.22. The van der Waals surface area contributed by atoms with Crippen LogP contribution in [0.5, 0.6) is 0 Å². The molecule has 3 nitrogen and oxygen atoms in total. The first-order chi connectivity index (χ1) is 11.7. The number of rotatable bonds is 4. The number of hydrazone groups is 1. The Morgan fingerprint density at radius 3 is 2.12 bits per heavy atom. The lowest BCUT2D eigenvalue weighted by atomic mass is 10.0. The monoisotopic (exact) mass is 375 g/mol. The van der Waals surface area contributed by atoms with Gasteiger partial charge in [-0.05, 0) is 11.6 Å². The molecule has 120 valence electrons. The topological polar surface area (TPSA) is 37.3 Å². The molecule has 3 aromatic rings. The molecule has 1 heterocycles. The highest BCUT2D eigenvalue weighted by molar-refractivity contribution is 6.38. The van der Waals surface area contributed by atoms with Crippen LogP contribution < -0.4 is 5.43 Å². The van der Waals surface area contributed by atoms with Crippen LogP contribution in [0.25, 0.3) is 11.1 Å². The molecule has 0 aliphatic carbocycles. The lowest BCUT2D eigenvalue weighted by molar-refractivity contribution is 1.28. The first kappa shape index (κ1) is 16.8.